The lowest BCUT2D eigenvalue weighted by atomic mass is 10.0. The summed E-state index contributed by atoms with van der Waals surface area (Å²) in [6.07, 6.45) is 5.55. The molecule has 0 bridgehead atoms. The van der Waals surface area contributed by atoms with Gasteiger partial charge in [0, 0.05) is 43.9 Å². The van der Waals surface area contributed by atoms with Gasteiger partial charge in [0.05, 0.1) is 0 Å². The van der Waals surface area contributed by atoms with E-state index in [-0.39, 0.29) is 5.56 Å². The molecule has 1 N–H and O–H groups in total. The number of fused-ring (bicyclic) bond motifs is 1. The van der Waals surface area contributed by atoms with E-state index in [2.05, 4.69) is 41.7 Å². The van der Waals surface area contributed by atoms with Crippen molar-refractivity contribution >= 4 is 0 Å². The molecule has 22 heavy (non-hydrogen) atoms. The minimum Gasteiger partial charge on any atom is -0.312 e. The first-order chi connectivity index (χ1) is 10.7. The normalized spacial score (nSPS) is 15.0. The second kappa shape index (κ2) is 8.49. The predicted molar refractivity (Wildman–Crippen MR) is 92.3 cm³/mol. The van der Waals surface area contributed by atoms with Crippen LogP contribution in [-0.4, -0.2) is 29.6 Å². The number of rotatable bonds is 8. The van der Waals surface area contributed by atoms with Crippen LogP contribution in [0.5, 0.6) is 0 Å². The Morgan fingerprint density at radius 1 is 1.23 bits per heavy atom. The molecule has 0 unspecified atom stereocenters. The molecule has 0 spiro atoms. The van der Waals surface area contributed by atoms with E-state index in [1.54, 1.807) is 0 Å². The molecule has 0 amide bonds. The molecule has 0 fully saturated rings. The zero-order valence-electron chi connectivity index (χ0n) is 14.5. The zero-order valence-corrected chi connectivity index (χ0v) is 14.5. The first kappa shape index (κ1) is 17.2. The van der Waals surface area contributed by atoms with Crippen LogP contribution < -0.4 is 10.9 Å². The summed E-state index contributed by atoms with van der Waals surface area (Å²) < 4.78 is 2.06. The highest BCUT2D eigenvalue weighted by atomic mass is 16.1. The van der Waals surface area contributed by atoms with Gasteiger partial charge in [0.1, 0.15) is 0 Å². The number of hydrogen-bond acceptors (Lipinski definition) is 3. The Kier molecular flexibility index (Phi) is 6.65. The van der Waals surface area contributed by atoms with Crippen molar-refractivity contribution in [3.8, 4) is 0 Å². The summed E-state index contributed by atoms with van der Waals surface area (Å²) in [6.45, 7) is 8.93. The van der Waals surface area contributed by atoms with E-state index in [1.807, 2.05) is 0 Å². The van der Waals surface area contributed by atoms with E-state index >= 15 is 0 Å². The molecule has 0 aromatic carbocycles. The number of likely N-dealkylation sites (N-methyl/N-ethyl adjacent to an activating group) is 1. The fourth-order valence-corrected chi connectivity index (χ4v) is 3.13. The van der Waals surface area contributed by atoms with Crippen molar-refractivity contribution in [3.63, 3.8) is 0 Å². The minimum absolute atomic E-state index is 0.223. The largest absolute Gasteiger partial charge is 0.312 e. The van der Waals surface area contributed by atoms with Gasteiger partial charge >= 0.3 is 0 Å². The zero-order chi connectivity index (χ0) is 15.9. The maximum absolute atomic E-state index is 12.8. The Morgan fingerprint density at radius 3 is 2.73 bits per heavy atom. The molecular weight excluding hydrogens is 274 g/mol. The highest BCUT2D eigenvalue weighted by Gasteiger charge is 2.19. The van der Waals surface area contributed by atoms with Gasteiger partial charge in [0.25, 0.3) is 5.56 Å². The highest BCUT2D eigenvalue weighted by Crippen LogP contribution is 2.18. The molecule has 0 radical (unpaired) electrons. The van der Waals surface area contributed by atoms with Crippen molar-refractivity contribution in [2.75, 3.05) is 20.1 Å². The number of hydrogen-bond donors (Lipinski definition) is 1. The monoisotopic (exact) mass is 305 g/mol. The summed E-state index contributed by atoms with van der Waals surface area (Å²) in [7, 11) is 2.16. The molecule has 0 atom stereocenters. The molecule has 0 saturated carbocycles. The third-order valence-corrected chi connectivity index (χ3v) is 4.49. The third kappa shape index (κ3) is 4.20. The fourth-order valence-electron chi connectivity index (χ4n) is 3.13. The maximum Gasteiger partial charge on any atom is 0.255 e. The van der Waals surface area contributed by atoms with Gasteiger partial charge in [-0.05, 0) is 38.1 Å². The van der Waals surface area contributed by atoms with Crippen molar-refractivity contribution in [1.29, 1.82) is 0 Å². The predicted octanol–water partition coefficient (Wildman–Crippen LogP) is 2.53. The van der Waals surface area contributed by atoms with E-state index in [1.165, 1.54) is 17.7 Å². The van der Waals surface area contributed by atoms with Gasteiger partial charge in [-0.1, -0.05) is 26.7 Å². The van der Waals surface area contributed by atoms with Crippen LogP contribution in [0.1, 0.15) is 56.4 Å². The number of unbranched alkanes of at least 4 members (excludes halogenated alkanes) is 2. The summed E-state index contributed by atoms with van der Waals surface area (Å²) in [5, 5.41) is 3.42. The lowest BCUT2D eigenvalue weighted by Crippen LogP contribution is -2.36. The Bertz CT molecular complexity index is 536. The van der Waals surface area contributed by atoms with Gasteiger partial charge in [-0.3, -0.25) is 4.79 Å². The third-order valence-electron chi connectivity index (χ3n) is 4.49. The first-order valence-electron chi connectivity index (χ1n) is 8.81. The Hall–Kier alpha value is -1.13. The van der Waals surface area contributed by atoms with E-state index in [4.69, 9.17) is 0 Å². The average Bonchev–Trinajstić information content (AvgIpc) is 2.51. The number of nitrogens with zero attached hydrogens (tertiary/aromatic N) is 2. The molecular formula is C18H31N3O. The quantitative estimate of drug-likeness (QED) is 0.750. The van der Waals surface area contributed by atoms with Crippen LogP contribution in [0.15, 0.2) is 10.9 Å². The summed E-state index contributed by atoms with van der Waals surface area (Å²) in [5.74, 6) is 0. The molecule has 2 rings (SSSR count). The smallest absolute Gasteiger partial charge is 0.255 e. The molecule has 1 aliphatic rings. The van der Waals surface area contributed by atoms with Crippen molar-refractivity contribution in [1.82, 2.24) is 14.8 Å². The SMILES string of the molecule is CCCCNCc1cc2c(n(CCCC)c1=O)CCN(C)C2. The average molecular weight is 305 g/mol. The molecule has 1 aromatic rings. The molecule has 0 saturated heterocycles. The molecule has 1 aromatic heterocycles. The van der Waals surface area contributed by atoms with Crippen molar-refractivity contribution in [3.05, 3.63) is 33.2 Å². The molecule has 4 nitrogen and oxygen atoms in total. The van der Waals surface area contributed by atoms with Gasteiger partial charge in [0.15, 0.2) is 0 Å². The number of pyridine rings is 1. The van der Waals surface area contributed by atoms with Crippen LogP contribution in [-0.2, 0) is 26.1 Å². The molecule has 0 aliphatic carbocycles. The number of nitrogens with one attached hydrogen (secondary N) is 1. The van der Waals surface area contributed by atoms with Crippen LogP contribution in [0.4, 0.5) is 0 Å². The Labute approximate surface area is 134 Å². The molecule has 2 heterocycles. The second-order valence-electron chi connectivity index (χ2n) is 6.47. The molecule has 1 aliphatic heterocycles. The van der Waals surface area contributed by atoms with E-state index in [0.717, 1.165) is 57.4 Å². The standard InChI is InChI=1S/C18H31N3O/c1-4-6-9-19-13-15-12-16-14-20(3)11-8-17(16)21(18(15)22)10-7-5-2/h12,19H,4-11,13-14H2,1-3H3. The Morgan fingerprint density at radius 2 is 2.00 bits per heavy atom. The first-order valence-corrected chi connectivity index (χ1v) is 8.81. The summed E-state index contributed by atoms with van der Waals surface area (Å²) >= 11 is 0. The summed E-state index contributed by atoms with van der Waals surface area (Å²) in [5.41, 5.74) is 3.77. The summed E-state index contributed by atoms with van der Waals surface area (Å²) in [4.78, 5) is 15.1. The van der Waals surface area contributed by atoms with Gasteiger partial charge in [0.2, 0.25) is 0 Å². The van der Waals surface area contributed by atoms with Gasteiger partial charge in [-0.25, -0.2) is 0 Å². The van der Waals surface area contributed by atoms with Gasteiger partial charge < -0.3 is 14.8 Å². The lowest BCUT2D eigenvalue weighted by Gasteiger charge is -2.28. The van der Waals surface area contributed by atoms with Crippen LogP contribution in [0.25, 0.3) is 0 Å². The van der Waals surface area contributed by atoms with Crippen LogP contribution in [0.3, 0.4) is 0 Å². The topological polar surface area (TPSA) is 37.3 Å². The minimum atomic E-state index is 0.223. The van der Waals surface area contributed by atoms with Gasteiger partial charge in [-0.2, -0.15) is 0 Å². The van der Waals surface area contributed by atoms with Crippen LogP contribution in [0, 0.1) is 0 Å². The van der Waals surface area contributed by atoms with Crippen molar-refractivity contribution in [2.45, 2.75) is 65.6 Å². The van der Waals surface area contributed by atoms with Crippen LogP contribution in [0.2, 0.25) is 0 Å². The molecule has 4 heteroatoms. The van der Waals surface area contributed by atoms with Crippen molar-refractivity contribution < 1.29 is 0 Å². The van der Waals surface area contributed by atoms with E-state index in [0.29, 0.717) is 6.54 Å². The molecule has 124 valence electrons. The second-order valence-corrected chi connectivity index (χ2v) is 6.47. The highest BCUT2D eigenvalue weighted by molar-refractivity contribution is 5.29. The van der Waals surface area contributed by atoms with Gasteiger partial charge in [-0.15, -0.1) is 0 Å². The number of aromatic nitrogens is 1. The van der Waals surface area contributed by atoms with E-state index < -0.39 is 0 Å². The maximum atomic E-state index is 12.8. The lowest BCUT2D eigenvalue weighted by molar-refractivity contribution is 0.303. The van der Waals surface area contributed by atoms with Crippen LogP contribution >= 0.6 is 0 Å². The Balaban J connectivity index is 2.25. The fraction of sp³-hybridized carbons (Fsp3) is 0.722. The summed E-state index contributed by atoms with van der Waals surface area (Å²) in [6, 6.07) is 2.15. The van der Waals surface area contributed by atoms with Crippen molar-refractivity contribution in [2.24, 2.45) is 0 Å². The van der Waals surface area contributed by atoms with E-state index in [9.17, 15) is 4.79 Å².